The van der Waals surface area contributed by atoms with Crippen LogP contribution in [-0.2, 0) is 69.0 Å². The standard InChI is InChI=1S/C62H63N4O3P.C54H45N4O3P.C4H12Si.2Zn/c1-34-28-37(4)53(38(5)29-34)57-47-22-20-45-56(43-16-18-44(19-17-43)70(67,68-60(10,11)12)69-61(13,14)15)46-21-23-48-58(54-39(6)30-35(2)31-40(54)7)50-25-27-52-59(55-41(8)32-36(3)33-42(55)9)51-26-24-49(57)65(51)62(63(45)47,64(46)48)66(50)52;1-28-22-31(4)47(32(5)23-28)51-41-16-14-39-50(37-10-12-38(13-11-37)62(59,60)61)40-15-17-42-52(48-33(6)24-29(2)25-34(48)7)44-19-21-46-53(49-35(8)26-30(3)27-36(49)9)45-20-18-43(51)57(45)54(55(39)41,56(40)42)58(44)46;1-5(2,3)4;;/h16-33H,1-15H3;10-27H,1-9H3;1-4H3;;/q+2;;;;/p+2. The van der Waals surface area contributed by atoms with E-state index in [1.54, 1.807) is 12.1 Å². The van der Waals surface area contributed by atoms with Gasteiger partial charge in [0.2, 0.25) is 45.6 Å². The van der Waals surface area contributed by atoms with Gasteiger partial charge in [0, 0.05) is 95.6 Å². The molecule has 139 heavy (non-hydrogen) atoms. The van der Waals surface area contributed by atoms with Crippen molar-refractivity contribution in [1.82, 2.24) is 18.3 Å². The van der Waals surface area contributed by atoms with Crippen LogP contribution in [0.1, 0.15) is 209 Å². The number of aryl methyl sites for hydroxylation is 18. The van der Waals surface area contributed by atoms with Crippen molar-refractivity contribution in [3.8, 4) is 0 Å². The average molecular weight is 1990 g/mol. The van der Waals surface area contributed by atoms with Gasteiger partial charge >= 0.3 is 27.0 Å². The minimum Gasteiger partial charge on any atom is -0.321 e. The maximum atomic E-state index is 14.9. The van der Waals surface area contributed by atoms with Crippen LogP contribution in [0.3, 0.4) is 0 Å². The first-order chi connectivity index (χ1) is 64.6. The first kappa shape index (κ1) is 95.3. The molecule has 14 nitrogen and oxygen atoms in total. The van der Waals surface area contributed by atoms with E-state index in [1.165, 1.54) is 190 Å². The second kappa shape index (κ2) is 32.4. The van der Waals surface area contributed by atoms with E-state index < -0.39 is 46.3 Å². The van der Waals surface area contributed by atoms with E-state index >= 15 is 0 Å². The summed E-state index contributed by atoms with van der Waals surface area (Å²) in [6.45, 7) is 61.1. The minimum absolute atomic E-state index is 0. The maximum Gasteiger partial charge on any atom is 0.553 e. The van der Waals surface area contributed by atoms with Gasteiger partial charge in [-0.3, -0.25) is 18.2 Å². The SMILES string of the molecule is C[Si](C)(C)C.Cc1cc(C)c(C2=C3C=CC4=[N+]3C35n6c2ccc6C(c2c(C)cc(C)cc2C)=C2C=CC(=[N+]23)C(c2c(C)cc(C)cc2C)=c2ccc(n25)=C4c2ccc(P(=O)(O)O)cc2)c(C)c1.Cc1cc(C)c(C2=C3C=CC4=[N+]3C35n6c2ccc6C(c2c(C)cc(C)cc2C)=C2C=CC(=[N+]23)C(c2c(C)cc(C)cc2C)=c2ccc(n25)=C4c2ccc(P(=O)(OC(C)(C)C)OC(C)(C)C)cc2)c(C)c1.[Zn].[Zn]. The summed E-state index contributed by atoms with van der Waals surface area (Å²) in [5.74, 6) is -1.87. The predicted molar refractivity (Wildman–Crippen MR) is 561 cm³/mol. The van der Waals surface area contributed by atoms with Crippen LogP contribution >= 0.6 is 15.2 Å². The van der Waals surface area contributed by atoms with Crippen molar-refractivity contribution in [2.45, 2.75) is 215 Å². The fraction of sp³-hybridized carbons (Fsp3) is 0.267. The van der Waals surface area contributed by atoms with E-state index in [9.17, 15) is 18.9 Å². The molecular formula is C120H122N8O6P2SiZn2+4. The molecule has 0 bridgehead atoms. The molecule has 0 amide bonds. The summed E-state index contributed by atoms with van der Waals surface area (Å²) in [5, 5.41) is 4.95. The number of hydrogen-bond donors (Lipinski definition) is 2. The van der Waals surface area contributed by atoms with E-state index in [4.69, 9.17) is 9.05 Å². The normalized spacial score (nSPS) is 18.2. The number of benzene rings is 8. The first-order valence-corrected chi connectivity index (χ1v) is 55.4. The molecule has 0 fully saturated rings. The van der Waals surface area contributed by atoms with Crippen LogP contribution in [0.25, 0.3) is 44.6 Å². The summed E-state index contributed by atoms with van der Waals surface area (Å²) in [6.07, 6.45) is 18.8. The number of hydrogen-bond acceptors (Lipinski definition) is 4. The number of allylic oxidation sites excluding steroid dienone is 8. The van der Waals surface area contributed by atoms with Gasteiger partial charge in [0.05, 0.1) is 111 Å². The van der Waals surface area contributed by atoms with Crippen LogP contribution in [0.2, 0.25) is 26.2 Å². The Hall–Kier alpha value is -11.3. The summed E-state index contributed by atoms with van der Waals surface area (Å²) < 4.78 is 61.2. The number of aromatic nitrogens is 4. The van der Waals surface area contributed by atoms with Gasteiger partial charge in [-0.25, -0.2) is 0 Å². The Labute approximate surface area is 843 Å². The van der Waals surface area contributed by atoms with Gasteiger partial charge in [0.25, 0.3) is 0 Å². The van der Waals surface area contributed by atoms with Crippen molar-refractivity contribution in [1.29, 1.82) is 0 Å². The van der Waals surface area contributed by atoms with Crippen LogP contribution < -0.4 is 32.0 Å². The molecule has 24 rings (SSSR count). The maximum absolute atomic E-state index is 14.9. The Bertz CT molecular complexity index is 8350. The molecule has 0 radical (unpaired) electrons. The molecule has 12 aromatic rings. The molecule has 19 heteroatoms. The first-order valence-electron chi connectivity index (χ1n) is 48.2. The van der Waals surface area contributed by atoms with Crippen LogP contribution in [0.4, 0.5) is 0 Å². The van der Waals surface area contributed by atoms with Gasteiger partial charge in [0.15, 0.2) is 0 Å². The van der Waals surface area contributed by atoms with Gasteiger partial charge in [0.1, 0.15) is 0 Å². The fourth-order valence-corrected chi connectivity index (χ4v) is 28.2. The van der Waals surface area contributed by atoms with Crippen molar-refractivity contribution >= 4 is 101 Å². The fourth-order valence-electron chi connectivity index (χ4n) is 25.5. The minimum atomic E-state index is -4.46. The third-order valence-corrected chi connectivity index (χ3v) is 32.3. The Morgan fingerprint density at radius 1 is 0.281 bits per heavy atom. The molecule has 4 aromatic heterocycles. The van der Waals surface area contributed by atoms with Crippen molar-refractivity contribution in [3.63, 3.8) is 0 Å². The van der Waals surface area contributed by atoms with Crippen LogP contribution in [0.5, 0.6) is 0 Å². The van der Waals surface area contributed by atoms with Crippen molar-refractivity contribution in [2.24, 2.45) is 0 Å². The van der Waals surface area contributed by atoms with E-state index in [0.29, 0.717) is 5.30 Å². The van der Waals surface area contributed by atoms with E-state index in [-0.39, 0.29) is 44.3 Å². The van der Waals surface area contributed by atoms with Crippen molar-refractivity contribution in [3.05, 3.63) is 430 Å². The van der Waals surface area contributed by atoms with Gasteiger partial charge in [-0.1, -0.05) is 175 Å². The Balaban J connectivity index is 0.000000162. The molecule has 16 heterocycles. The third-order valence-electron chi connectivity index (χ3n) is 28.9. The second-order valence-electron chi connectivity index (χ2n) is 43.9. The predicted octanol–water partition coefficient (Wildman–Crippen LogP) is 21.6. The van der Waals surface area contributed by atoms with Gasteiger partial charge in [-0.2, -0.15) is 18.3 Å². The Morgan fingerprint density at radius 3 is 0.698 bits per heavy atom. The largest absolute Gasteiger partial charge is 0.553 e. The van der Waals surface area contributed by atoms with E-state index in [2.05, 4.69) is 369 Å². The molecule has 0 aliphatic carbocycles. The molecule has 12 aliphatic heterocycles. The molecule has 0 saturated carbocycles. The Kier molecular flexibility index (Phi) is 22.2. The quantitative estimate of drug-likeness (QED) is 0.0713. The summed E-state index contributed by atoms with van der Waals surface area (Å²) in [6, 6.07) is 61.7. The zero-order chi connectivity index (χ0) is 97.0. The average Bonchev–Trinajstić information content (AvgIpc) is 1.49. The summed E-state index contributed by atoms with van der Waals surface area (Å²) in [4.78, 5) is 20.3. The molecular weight excluding hydrogens is 1870 g/mol. The monoisotopic (exact) mass is 1990 g/mol. The molecule has 2 spiro atoms. The molecule has 8 aromatic carbocycles. The summed E-state index contributed by atoms with van der Waals surface area (Å²) >= 11 is 0. The zero-order valence-corrected chi connectivity index (χ0v) is 94.4. The summed E-state index contributed by atoms with van der Waals surface area (Å²) in [5.41, 5.74) is 53.6. The van der Waals surface area contributed by atoms with Crippen molar-refractivity contribution in [2.75, 3.05) is 0 Å². The topological polar surface area (TPSA) is 125 Å². The number of nitrogens with zero attached hydrogens (tertiary/aromatic N) is 8. The molecule has 2 atom stereocenters. The Morgan fingerprint density at radius 2 is 0.482 bits per heavy atom. The molecule has 2 unspecified atom stereocenters. The van der Waals surface area contributed by atoms with E-state index in [0.717, 1.165) is 89.3 Å². The summed E-state index contributed by atoms with van der Waals surface area (Å²) in [7, 11) is -8.83. The smallest absolute Gasteiger partial charge is 0.321 e. The molecule has 0 saturated heterocycles. The molecule has 692 valence electrons. The van der Waals surface area contributed by atoms with E-state index in [1.807, 2.05) is 65.8 Å². The molecule has 2 N–H and O–H groups in total. The van der Waals surface area contributed by atoms with Crippen LogP contribution in [0, 0.1) is 125 Å². The second-order valence-corrected chi connectivity index (χ2v) is 53.4. The van der Waals surface area contributed by atoms with Gasteiger partial charge in [-0.05, 0) is 350 Å². The van der Waals surface area contributed by atoms with Gasteiger partial charge < -0.3 is 9.79 Å². The van der Waals surface area contributed by atoms with Gasteiger partial charge in [-0.15, -0.1) is 0 Å². The third kappa shape index (κ3) is 13.9. The van der Waals surface area contributed by atoms with Crippen LogP contribution in [-0.4, -0.2) is 88.5 Å². The van der Waals surface area contributed by atoms with Crippen molar-refractivity contribution < 1.29 is 85.2 Å². The number of rotatable bonds is 12. The zero-order valence-electron chi connectivity index (χ0n) is 85.7. The molecule has 12 aliphatic rings. The van der Waals surface area contributed by atoms with Crippen LogP contribution in [0.15, 0.2) is 241 Å².